The minimum absolute atomic E-state index is 0.0676. The Labute approximate surface area is 127 Å². The number of benzene rings is 1. The zero-order valence-electron chi connectivity index (χ0n) is 9.94. The molecule has 0 saturated carbocycles. The summed E-state index contributed by atoms with van der Waals surface area (Å²) in [5.74, 6) is 0. The van der Waals surface area contributed by atoms with Gasteiger partial charge in [-0.1, -0.05) is 11.6 Å². The van der Waals surface area contributed by atoms with E-state index in [0.717, 1.165) is 20.6 Å². The van der Waals surface area contributed by atoms with Gasteiger partial charge in [0, 0.05) is 21.1 Å². The molecule has 0 spiro atoms. The van der Waals surface area contributed by atoms with E-state index in [1.165, 1.54) is 6.07 Å². The van der Waals surface area contributed by atoms with Gasteiger partial charge in [-0.25, -0.2) is 0 Å². The van der Waals surface area contributed by atoms with E-state index in [4.69, 9.17) is 11.6 Å². The van der Waals surface area contributed by atoms with E-state index >= 15 is 0 Å². The zero-order valence-corrected chi connectivity index (χ0v) is 13.1. The van der Waals surface area contributed by atoms with Crippen molar-refractivity contribution in [1.82, 2.24) is 0 Å². The highest BCUT2D eigenvalue weighted by molar-refractivity contribution is 9.10. The van der Waals surface area contributed by atoms with E-state index in [1.54, 1.807) is 17.4 Å². The molecule has 0 amide bonds. The molecule has 0 aliphatic carbocycles. The molecule has 2 aromatic rings. The number of halogens is 2. The molecule has 1 aromatic carbocycles. The molecule has 1 N–H and O–H groups in total. The van der Waals surface area contributed by atoms with Crippen molar-refractivity contribution < 1.29 is 4.92 Å². The van der Waals surface area contributed by atoms with Crippen molar-refractivity contribution in [2.45, 2.75) is 13.5 Å². The van der Waals surface area contributed by atoms with Gasteiger partial charge in [0.2, 0.25) is 0 Å². The Bertz CT molecular complexity index is 630. The Morgan fingerprint density at radius 1 is 1.53 bits per heavy atom. The molecular weight excluding hydrogens is 352 g/mol. The molecule has 0 radical (unpaired) electrons. The van der Waals surface area contributed by atoms with Crippen LogP contribution in [-0.2, 0) is 6.54 Å². The fourth-order valence-corrected chi connectivity index (χ4v) is 3.29. The first kappa shape index (κ1) is 14.3. The van der Waals surface area contributed by atoms with Gasteiger partial charge in [0.1, 0.15) is 5.02 Å². The zero-order chi connectivity index (χ0) is 14.0. The fraction of sp³-hybridized carbons (Fsp3) is 0.167. The summed E-state index contributed by atoms with van der Waals surface area (Å²) in [4.78, 5) is 11.5. The van der Waals surface area contributed by atoms with E-state index in [9.17, 15) is 10.1 Å². The van der Waals surface area contributed by atoms with Crippen LogP contribution in [0.5, 0.6) is 0 Å². The summed E-state index contributed by atoms with van der Waals surface area (Å²) in [7, 11) is 0. The van der Waals surface area contributed by atoms with Crippen molar-refractivity contribution in [3.8, 4) is 0 Å². The molecule has 0 saturated heterocycles. The molecule has 0 aliphatic rings. The highest BCUT2D eigenvalue weighted by Crippen LogP contribution is 2.31. The van der Waals surface area contributed by atoms with Crippen LogP contribution in [0.4, 0.5) is 11.4 Å². The van der Waals surface area contributed by atoms with Gasteiger partial charge in [0.05, 0.1) is 11.5 Å². The lowest BCUT2D eigenvalue weighted by Gasteiger charge is -2.09. The number of aryl methyl sites for hydroxylation is 1. The van der Waals surface area contributed by atoms with Crippen LogP contribution in [0, 0.1) is 17.0 Å². The summed E-state index contributed by atoms with van der Waals surface area (Å²) in [5.41, 5.74) is 1.53. The van der Waals surface area contributed by atoms with Crippen LogP contribution in [-0.4, -0.2) is 4.92 Å². The van der Waals surface area contributed by atoms with Gasteiger partial charge in [-0.3, -0.25) is 10.1 Å². The first-order valence-electron chi connectivity index (χ1n) is 5.39. The summed E-state index contributed by atoms with van der Waals surface area (Å²) >= 11 is 11.0. The molecule has 0 fully saturated rings. The number of nitro groups is 1. The van der Waals surface area contributed by atoms with Crippen LogP contribution in [0.1, 0.15) is 10.4 Å². The summed E-state index contributed by atoms with van der Waals surface area (Å²) in [6.07, 6.45) is 0. The maximum absolute atomic E-state index is 10.8. The lowest BCUT2D eigenvalue weighted by Crippen LogP contribution is -2.01. The Morgan fingerprint density at radius 2 is 2.26 bits per heavy atom. The fourth-order valence-electron chi connectivity index (χ4n) is 1.62. The second-order valence-electron chi connectivity index (χ2n) is 3.92. The highest BCUT2D eigenvalue weighted by atomic mass is 79.9. The number of thiophene rings is 1. The molecule has 2 rings (SSSR count). The third kappa shape index (κ3) is 3.26. The van der Waals surface area contributed by atoms with Crippen molar-refractivity contribution in [3.63, 3.8) is 0 Å². The van der Waals surface area contributed by atoms with E-state index in [2.05, 4.69) is 21.2 Å². The first-order valence-corrected chi connectivity index (χ1v) is 7.44. The quantitative estimate of drug-likeness (QED) is 0.616. The lowest BCUT2D eigenvalue weighted by molar-refractivity contribution is -0.384. The van der Waals surface area contributed by atoms with Gasteiger partial charge in [0.15, 0.2) is 0 Å². The van der Waals surface area contributed by atoms with Crippen molar-refractivity contribution in [2.24, 2.45) is 0 Å². The van der Waals surface area contributed by atoms with Gasteiger partial charge in [0.25, 0.3) is 5.69 Å². The minimum Gasteiger partial charge on any atom is -0.380 e. The van der Waals surface area contributed by atoms with Crippen LogP contribution >= 0.6 is 38.9 Å². The predicted molar refractivity (Wildman–Crippen MR) is 82.2 cm³/mol. The number of nitrogens with one attached hydrogen (secondary N) is 1. The Morgan fingerprint density at radius 3 is 2.84 bits per heavy atom. The Kier molecular flexibility index (Phi) is 4.44. The molecule has 0 aliphatic heterocycles. The summed E-state index contributed by atoms with van der Waals surface area (Å²) < 4.78 is 1.05. The van der Waals surface area contributed by atoms with Crippen molar-refractivity contribution in [2.75, 3.05) is 5.32 Å². The molecule has 1 aromatic heterocycles. The summed E-state index contributed by atoms with van der Waals surface area (Å²) in [6.45, 7) is 2.46. The number of hydrogen-bond donors (Lipinski definition) is 1. The van der Waals surface area contributed by atoms with Crippen LogP contribution in [0.2, 0.25) is 5.02 Å². The van der Waals surface area contributed by atoms with Gasteiger partial charge >= 0.3 is 0 Å². The van der Waals surface area contributed by atoms with Gasteiger partial charge < -0.3 is 5.32 Å². The number of hydrogen-bond acceptors (Lipinski definition) is 4. The molecule has 100 valence electrons. The Balaban J connectivity index is 2.20. The van der Waals surface area contributed by atoms with Crippen LogP contribution < -0.4 is 5.32 Å². The van der Waals surface area contributed by atoms with E-state index in [-0.39, 0.29) is 10.7 Å². The third-order valence-corrected chi connectivity index (χ3v) is 4.85. The molecular formula is C12H10BrClN2O2S. The topological polar surface area (TPSA) is 55.2 Å². The normalized spacial score (nSPS) is 10.5. The molecule has 0 atom stereocenters. The Hall–Kier alpha value is -1.11. The van der Waals surface area contributed by atoms with E-state index in [0.29, 0.717) is 6.54 Å². The maximum Gasteiger partial charge on any atom is 0.288 e. The van der Waals surface area contributed by atoms with E-state index < -0.39 is 4.92 Å². The molecule has 0 unspecified atom stereocenters. The third-order valence-electron chi connectivity index (χ3n) is 2.62. The lowest BCUT2D eigenvalue weighted by atomic mass is 10.1. The molecule has 7 heteroatoms. The number of anilines is 1. The maximum atomic E-state index is 10.8. The average Bonchev–Trinajstić information content (AvgIpc) is 2.75. The average molecular weight is 362 g/mol. The standard InChI is InChI=1S/C12H10BrClN2O2S/c1-7-4-11(16(17)18)9(14)5-10(7)15-6-12-8(13)2-3-19-12/h2-5,15H,6H2,1H3. The van der Waals surface area contributed by atoms with Gasteiger partial charge in [-0.15, -0.1) is 11.3 Å². The largest absolute Gasteiger partial charge is 0.380 e. The predicted octanol–water partition coefficient (Wildman–Crippen LogP) is 4.99. The molecule has 1 heterocycles. The highest BCUT2D eigenvalue weighted by Gasteiger charge is 2.15. The molecule has 19 heavy (non-hydrogen) atoms. The molecule has 0 bridgehead atoms. The van der Waals surface area contributed by atoms with Crippen molar-refractivity contribution in [1.29, 1.82) is 0 Å². The summed E-state index contributed by atoms with van der Waals surface area (Å²) in [5, 5.41) is 16.1. The van der Waals surface area contributed by atoms with Crippen molar-refractivity contribution >= 4 is 50.2 Å². The summed E-state index contributed by atoms with van der Waals surface area (Å²) in [6, 6.07) is 5.06. The minimum atomic E-state index is -0.477. The first-order chi connectivity index (χ1) is 8.99. The second kappa shape index (κ2) is 5.90. The van der Waals surface area contributed by atoms with Gasteiger partial charge in [-0.05, 0) is 45.9 Å². The van der Waals surface area contributed by atoms with Crippen LogP contribution in [0.15, 0.2) is 28.1 Å². The molecule has 4 nitrogen and oxygen atoms in total. The second-order valence-corrected chi connectivity index (χ2v) is 6.18. The number of nitrogens with zero attached hydrogens (tertiary/aromatic N) is 1. The van der Waals surface area contributed by atoms with Crippen LogP contribution in [0.3, 0.4) is 0 Å². The van der Waals surface area contributed by atoms with Gasteiger partial charge in [-0.2, -0.15) is 0 Å². The monoisotopic (exact) mass is 360 g/mol. The SMILES string of the molecule is Cc1cc([N+](=O)[O-])c(Cl)cc1NCc1sccc1Br. The van der Waals surface area contributed by atoms with E-state index in [1.807, 2.05) is 18.4 Å². The van der Waals surface area contributed by atoms with Crippen molar-refractivity contribution in [3.05, 3.63) is 53.6 Å². The smallest absolute Gasteiger partial charge is 0.288 e. The number of nitro benzene ring substituents is 1. The van der Waals surface area contributed by atoms with Crippen LogP contribution in [0.25, 0.3) is 0 Å². The number of rotatable bonds is 4.